The minimum absolute atomic E-state index is 0.0384. The van der Waals surface area contributed by atoms with Crippen LogP contribution >= 0.6 is 11.6 Å². The van der Waals surface area contributed by atoms with Crippen molar-refractivity contribution >= 4 is 17.5 Å². The summed E-state index contributed by atoms with van der Waals surface area (Å²) >= 11 is 5.56. The number of hydrogen-bond donors (Lipinski definition) is 0. The maximum atomic E-state index is 11.5. The number of benzene rings is 1. The highest BCUT2D eigenvalue weighted by atomic mass is 35.5. The second-order valence-corrected chi connectivity index (χ2v) is 4.48. The minimum atomic E-state index is 0.0384. The quantitative estimate of drug-likeness (QED) is 0.769. The van der Waals surface area contributed by atoms with Crippen molar-refractivity contribution in [2.24, 2.45) is 0 Å². The van der Waals surface area contributed by atoms with E-state index in [1.807, 2.05) is 29.2 Å². The SMILES string of the molecule is COc1ccc(CC2CCN2C(=O)CCl)cc1. The van der Waals surface area contributed by atoms with Gasteiger partial charge in [0.2, 0.25) is 5.91 Å². The van der Waals surface area contributed by atoms with Crippen LogP contribution in [0.25, 0.3) is 0 Å². The lowest BCUT2D eigenvalue weighted by Gasteiger charge is -2.41. The molecule has 1 amide bonds. The highest BCUT2D eigenvalue weighted by molar-refractivity contribution is 6.27. The van der Waals surface area contributed by atoms with Crippen molar-refractivity contribution in [2.45, 2.75) is 18.9 Å². The molecule has 0 radical (unpaired) electrons. The number of likely N-dealkylation sites (tertiary alicyclic amines) is 1. The molecule has 0 N–H and O–H groups in total. The van der Waals surface area contributed by atoms with Crippen LogP contribution in [0.4, 0.5) is 0 Å². The number of carbonyl (C=O) groups is 1. The van der Waals surface area contributed by atoms with Crippen molar-refractivity contribution in [2.75, 3.05) is 19.5 Å². The summed E-state index contributed by atoms with van der Waals surface area (Å²) in [6, 6.07) is 8.29. The molecule has 0 bridgehead atoms. The Labute approximate surface area is 106 Å². The molecular weight excluding hydrogens is 238 g/mol. The summed E-state index contributed by atoms with van der Waals surface area (Å²) < 4.78 is 5.11. The summed E-state index contributed by atoms with van der Waals surface area (Å²) in [5, 5.41) is 0. The first kappa shape index (κ1) is 12.2. The zero-order valence-electron chi connectivity index (χ0n) is 9.86. The standard InChI is InChI=1S/C13H16ClNO2/c1-17-12-4-2-10(3-5-12)8-11-6-7-15(11)13(16)9-14/h2-5,11H,6-9H2,1H3. The van der Waals surface area contributed by atoms with Crippen molar-refractivity contribution in [1.82, 2.24) is 4.90 Å². The van der Waals surface area contributed by atoms with E-state index in [0.717, 1.165) is 25.1 Å². The van der Waals surface area contributed by atoms with E-state index in [0.29, 0.717) is 6.04 Å². The molecule has 0 aromatic heterocycles. The van der Waals surface area contributed by atoms with Gasteiger partial charge in [0.1, 0.15) is 11.6 Å². The van der Waals surface area contributed by atoms with Gasteiger partial charge in [-0.2, -0.15) is 0 Å². The Morgan fingerprint density at radius 2 is 2.18 bits per heavy atom. The third-order valence-corrected chi connectivity index (χ3v) is 3.44. The van der Waals surface area contributed by atoms with Gasteiger partial charge < -0.3 is 9.64 Å². The zero-order chi connectivity index (χ0) is 12.3. The molecule has 1 heterocycles. The van der Waals surface area contributed by atoms with Gasteiger partial charge in [-0.25, -0.2) is 0 Å². The van der Waals surface area contributed by atoms with Gasteiger partial charge in [0.15, 0.2) is 0 Å². The largest absolute Gasteiger partial charge is 0.497 e. The van der Waals surface area contributed by atoms with Crippen molar-refractivity contribution < 1.29 is 9.53 Å². The van der Waals surface area contributed by atoms with E-state index in [4.69, 9.17) is 16.3 Å². The van der Waals surface area contributed by atoms with Gasteiger partial charge in [0, 0.05) is 12.6 Å². The third-order valence-electron chi connectivity index (χ3n) is 3.21. The Bertz CT molecular complexity index is 391. The molecule has 2 rings (SSSR count). The van der Waals surface area contributed by atoms with Crippen LogP contribution < -0.4 is 4.74 Å². The minimum Gasteiger partial charge on any atom is -0.497 e. The van der Waals surface area contributed by atoms with Gasteiger partial charge in [-0.15, -0.1) is 11.6 Å². The first-order valence-electron chi connectivity index (χ1n) is 5.73. The van der Waals surface area contributed by atoms with E-state index in [9.17, 15) is 4.79 Å². The van der Waals surface area contributed by atoms with Gasteiger partial charge in [0.05, 0.1) is 7.11 Å². The molecule has 0 saturated carbocycles. The Kier molecular flexibility index (Phi) is 3.89. The average Bonchev–Trinajstić information content (AvgIpc) is 2.35. The number of ether oxygens (including phenoxy) is 1. The Hall–Kier alpha value is -1.22. The van der Waals surface area contributed by atoms with Gasteiger partial charge in [-0.05, 0) is 30.5 Å². The number of alkyl halides is 1. The number of hydrogen-bond acceptors (Lipinski definition) is 2. The smallest absolute Gasteiger partial charge is 0.237 e. The first-order chi connectivity index (χ1) is 8.24. The monoisotopic (exact) mass is 253 g/mol. The second kappa shape index (κ2) is 5.41. The molecule has 0 aliphatic carbocycles. The summed E-state index contributed by atoms with van der Waals surface area (Å²) in [6.45, 7) is 0.840. The predicted octanol–water partition coefficient (Wildman–Crippen LogP) is 2.08. The number of carbonyl (C=O) groups excluding carboxylic acids is 1. The van der Waals surface area contributed by atoms with Crippen LogP contribution in [0, 0.1) is 0 Å². The molecule has 1 aliphatic rings. The van der Waals surface area contributed by atoms with Crippen molar-refractivity contribution in [3.8, 4) is 5.75 Å². The molecule has 1 saturated heterocycles. The molecule has 1 aliphatic heterocycles. The van der Waals surface area contributed by atoms with Gasteiger partial charge in [0.25, 0.3) is 0 Å². The topological polar surface area (TPSA) is 29.5 Å². The molecule has 1 aromatic rings. The fourth-order valence-corrected chi connectivity index (χ4v) is 2.25. The van der Waals surface area contributed by atoms with Gasteiger partial charge in [-0.3, -0.25) is 4.79 Å². The molecule has 92 valence electrons. The number of rotatable bonds is 4. The third kappa shape index (κ3) is 2.72. The van der Waals surface area contributed by atoms with Crippen LogP contribution in [0.2, 0.25) is 0 Å². The molecule has 1 atom stereocenters. The van der Waals surface area contributed by atoms with Crippen LogP contribution in [0.1, 0.15) is 12.0 Å². The summed E-state index contributed by atoms with van der Waals surface area (Å²) in [6.07, 6.45) is 1.96. The molecule has 1 unspecified atom stereocenters. The first-order valence-corrected chi connectivity index (χ1v) is 6.26. The lowest BCUT2D eigenvalue weighted by Crippen LogP contribution is -2.52. The fourth-order valence-electron chi connectivity index (χ4n) is 2.09. The molecule has 3 nitrogen and oxygen atoms in total. The van der Waals surface area contributed by atoms with Crippen LogP contribution in [0.3, 0.4) is 0 Å². The normalized spacial score (nSPS) is 18.7. The van der Waals surface area contributed by atoms with E-state index < -0.39 is 0 Å². The summed E-state index contributed by atoms with van der Waals surface area (Å²) in [7, 11) is 1.65. The molecule has 1 fully saturated rings. The average molecular weight is 254 g/mol. The predicted molar refractivity (Wildman–Crippen MR) is 67.5 cm³/mol. The second-order valence-electron chi connectivity index (χ2n) is 4.22. The number of nitrogens with zero attached hydrogens (tertiary/aromatic N) is 1. The van der Waals surface area contributed by atoms with Crippen molar-refractivity contribution in [3.05, 3.63) is 29.8 Å². The highest BCUT2D eigenvalue weighted by Gasteiger charge is 2.31. The van der Waals surface area contributed by atoms with Crippen LogP contribution in [-0.2, 0) is 11.2 Å². The number of amides is 1. The number of methoxy groups -OCH3 is 1. The van der Waals surface area contributed by atoms with Crippen molar-refractivity contribution in [3.63, 3.8) is 0 Å². The summed E-state index contributed by atoms with van der Waals surface area (Å²) in [4.78, 5) is 13.3. The van der Waals surface area contributed by atoms with E-state index in [1.54, 1.807) is 7.11 Å². The van der Waals surface area contributed by atoms with E-state index in [-0.39, 0.29) is 11.8 Å². The Morgan fingerprint density at radius 1 is 1.47 bits per heavy atom. The van der Waals surface area contributed by atoms with Crippen LogP contribution in [-0.4, -0.2) is 36.4 Å². The zero-order valence-corrected chi connectivity index (χ0v) is 10.6. The molecular formula is C13H16ClNO2. The molecule has 1 aromatic carbocycles. The maximum Gasteiger partial charge on any atom is 0.237 e. The molecule has 17 heavy (non-hydrogen) atoms. The van der Waals surface area contributed by atoms with Crippen LogP contribution in [0.5, 0.6) is 5.75 Å². The van der Waals surface area contributed by atoms with E-state index >= 15 is 0 Å². The lowest BCUT2D eigenvalue weighted by atomic mass is 9.95. The van der Waals surface area contributed by atoms with Crippen LogP contribution in [0.15, 0.2) is 24.3 Å². The lowest BCUT2D eigenvalue weighted by molar-refractivity contribution is -0.135. The van der Waals surface area contributed by atoms with Crippen molar-refractivity contribution in [1.29, 1.82) is 0 Å². The molecule has 4 heteroatoms. The summed E-state index contributed by atoms with van der Waals surface area (Å²) in [5.41, 5.74) is 1.22. The van der Waals surface area contributed by atoms with E-state index in [2.05, 4.69) is 0 Å². The Morgan fingerprint density at radius 3 is 2.65 bits per heavy atom. The van der Waals surface area contributed by atoms with Gasteiger partial charge >= 0.3 is 0 Å². The molecule has 0 spiro atoms. The highest BCUT2D eigenvalue weighted by Crippen LogP contribution is 2.23. The number of halogens is 1. The van der Waals surface area contributed by atoms with E-state index in [1.165, 1.54) is 5.56 Å². The fraction of sp³-hybridized carbons (Fsp3) is 0.462. The Balaban J connectivity index is 1.94. The summed E-state index contributed by atoms with van der Waals surface area (Å²) in [5.74, 6) is 0.978. The van der Waals surface area contributed by atoms with Gasteiger partial charge in [-0.1, -0.05) is 12.1 Å². The maximum absolute atomic E-state index is 11.5.